The van der Waals surface area contributed by atoms with Gasteiger partial charge in [-0.1, -0.05) is 34.1 Å². The highest BCUT2D eigenvalue weighted by atomic mass is 79.9. The molecule has 0 unspecified atom stereocenters. The lowest BCUT2D eigenvalue weighted by Gasteiger charge is -2.17. The summed E-state index contributed by atoms with van der Waals surface area (Å²) in [6.07, 6.45) is 0. The van der Waals surface area contributed by atoms with Gasteiger partial charge in [0.25, 0.3) is 0 Å². The molecule has 0 N–H and O–H groups in total. The number of hydrogen-bond donors (Lipinski definition) is 0. The fraction of sp³-hybridized carbons (Fsp3) is 0.200. The molecule has 0 amide bonds. The highest BCUT2D eigenvalue weighted by Gasteiger charge is 2.07. The Hall–Kier alpha value is -1.26. The minimum Gasteiger partial charge on any atom is -0.298 e. The van der Waals surface area contributed by atoms with Crippen molar-refractivity contribution in [3.05, 3.63) is 69.7 Å². The number of halogens is 3. The van der Waals surface area contributed by atoms with E-state index in [1.165, 1.54) is 18.2 Å². The average Bonchev–Trinajstić information content (AvgIpc) is 2.30. The summed E-state index contributed by atoms with van der Waals surface area (Å²) in [6, 6.07) is 11.5. The average molecular weight is 326 g/mol. The molecule has 0 aliphatic heterocycles. The van der Waals surface area contributed by atoms with Gasteiger partial charge in [-0.2, -0.15) is 0 Å². The molecule has 2 rings (SSSR count). The maximum absolute atomic E-state index is 13.5. The molecule has 0 saturated heterocycles. The minimum absolute atomic E-state index is 0.213. The summed E-state index contributed by atoms with van der Waals surface area (Å²) in [4.78, 5) is 1.94. The van der Waals surface area contributed by atoms with Crippen LogP contribution in [0, 0.1) is 11.6 Å². The molecule has 0 aliphatic carbocycles. The third-order valence-electron chi connectivity index (χ3n) is 2.77. The van der Waals surface area contributed by atoms with Gasteiger partial charge in [-0.05, 0) is 36.9 Å². The first-order chi connectivity index (χ1) is 9.04. The molecule has 1 nitrogen and oxygen atoms in total. The van der Waals surface area contributed by atoms with E-state index < -0.39 is 0 Å². The molecule has 0 spiro atoms. The summed E-state index contributed by atoms with van der Waals surface area (Å²) < 4.78 is 27.5. The van der Waals surface area contributed by atoms with Crippen molar-refractivity contribution < 1.29 is 8.78 Å². The van der Waals surface area contributed by atoms with Gasteiger partial charge in [0.05, 0.1) is 0 Å². The lowest BCUT2D eigenvalue weighted by atomic mass is 10.1. The molecule has 100 valence electrons. The number of rotatable bonds is 4. The number of nitrogens with zero attached hydrogens (tertiary/aromatic N) is 1. The van der Waals surface area contributed by atoms with Crippen molar-refractivity contribution in [2.75, 3.05) is 7.05 Å². The molecular weight excluding hydrogens is 312 g/mol. The Morgan fingerprint density at radius 1 is 1.05 bits per heavy atom. The van der Waals surface area contributed by atoms with Crippen LogP contribution >= 0.6 is 15.9 Å². The Labute approximate surface area is 120 Å². The molecule has 0 atom stereocenters. The lowest BCUT2D eigenvalue weighted by molar-refractivity contribution is 0.313. The van der Waals surface area contributed by atoms with Gasteiger partial charge in [-0.3, -0.25) is 4.90 Å². The second-order valence-corrected chi connectivity index (χ2v) is 5.46. The second-order valence-electron chi connectivity index (χ2n) is 4.54. The van der Waals surface area contributed by atoms with Crippen LogP contribution in [0.3, 0.4) is 0 Å². The Kier molecular flexibility index (Phi) is 4.66. The van der Waals surface area contributed by atoms with Gasteiger partial charge in [0.1, 0.15) is 11.6 Å². The van der Waals surface area contributed by atoms with E-state index in [1.54, 1.807) is 12.1 Å². The van der Waals surface area contributed by atoms with Crippen molar-refractivity contribution >= 4 is 15.9 Å². The first kappa shape index (κ1) is 14.2. The van der Waals surface area contributed by atoms with E-state index in [0.29, 0.717) is 23.1 Å². The van der Waals surface area contributed by atoms with Crippen molar-refractivity contribution in [1.29, 1.82) is 0 Å². The SMILES string of the molecule is CN(Cc1cc(F)cc(Br)c1)Cc1ccccc1F. The van der Waals surface area contributed by atoms with Crippen LogP contribution in [0.25, 0.3) is 0 Å². The van der Waals surface area contributed by atoms with E-state index in [0.717, 1.165) is 5.56 Å². The van der Waals surface area contributed by atoms with Crippen molar-refractivity contribution in [3.63, 3.8) is 0 Å². The largest absolute Gasteiger partial charge is 0.298 e. The molecule has 0 heterocycles. The molecule has 2 aromatic rings. The zero-order valence-corrected chi connectivity index (χ0v) is 12.1. The van der Waals surface area contributed by atoms with Crippen LogP contribution in [0.15, 0.2) is 46.9 Å². The molecule has 19 heavy (non-hydrogen) atoms. The second kappa shape index (κ2) is 6.26. The summed E-state index contributed by atoms with van der Waals surface area (Å²) >= 11 is 3.26. The maximum Gasteiger partial charge on any atom is 0.127 e. The molecular formula is C15H14BrF2N. The fourth-order valence-corrected chi connectivity index (χ4v) is 2.50. The van der Waals surface area contributed by atoms with Gasteiger partial charge in [0.2, 0.25) is 0 Å². The van der Waals surface area contributed by atoms with E-state index in [9.17, 15) is 8.78 Å². The molecule has 0 saturated carbocycles. The summed E-state index contributed by atoms with van der Waals surface area (Å²) in [5, 5.41) is 0. The molecule has 0 aliphatic rings. The van der Waals surface area contributed by atoms with Gasteiger partial charge in [-0.15, -0.1) is 0 Å². The first-order valence-corrected chi connectivity index (χ1v) is 6.71. The maximum atomic E-state index is 13.5. The van der Waals surface area contributed by atoms with E-state index in [4.69, 9.17) is 0 Å². The van der Waals surface area contributed by atoms with Gasteiger partial charge < -0.3 is 0 Å². The predicted molar refractivity (Wildman–Crippen MR) is 75.7 cm³/mol. The predicted octanol–water partition coefficient (Wildman–Crippen LogP) is 4.36. The summed E-state index contributed by atoms with van der Waals surface area (Å²) in [5.41, 5.74) is 1.49. The van der Waals surface area contributed by atoms with E-state index in [-0.39, 0.29) is 11.6 Å². The van der Waals surface area contributed by atoms with E-state index in [1.807, 2.05) is 24.1 Å². The molecule has 0 radical (unpaired) electrons. The van der Waals surface area contributed by atoms with Crippen molar-refractivity contribution in [1.82, 2.24) is 4.90 Å². The third kappa shape index (κ3) is 4.11. The summed E-state index contributed by atoms with van der Waals surface area (Å²) in [6.45, 7) is 1.05. The van der Waals surface area contributed by atoms with Crippen LogP contribution in [-0.2, 0) is 13.1 Å². The van der Waals surface area contributed by atoms with Crippen molar-refractivity contribution in [2.24, 2.45) is 0 Å². The molecule has 0 fully saturated rings. The summed E-state index contributed by atoms with van der Waals surface area (Å²) in [5.74, 6) is -0.488. The zero-order chi connectivity index (χ0) is 13.8. The fourth-order valence-electron chi connectivity index (χ4n) is 1.99. The highest BCUT2D eigenvalue weighted by Crippen LogP contribution is 2.17. The van der Waals surface area contributed by atoms with Gasteiger partial charge in [0.15, 0.2) is 0 Å². The van der Waals surface area contributed by atoms with Crippen LogP contribution in [-0.4, -0.2) is 11.9 Å². The number of benzene rings is 2. The van der Waals surface area contributed by atoms with E-state index in [2.05, 4.69) is 15.9 Å². The van der Waals surface area contributed by atoms with Crippen LogP contribution < -0.4 is 0 Å². The lowest BCUT2D eigenvalue weighted by Crippen LogP contribution is -2.18. The topological polar surface area (TPSA) is 3.24 Å². The van der Waals surface area contributed by atoms with Crippen LogP contribution in [0.5, 0.6) is 0 Å². The van der Waals surface area contributed by atoms with E-state index >= 15 is 0 Å². The zero-order valence-electron chi connectivity index (χ0n) is 10.5. The monoisotopic (exact) mass is 325 g/mol. The first-order valence-electron chi connectivity index (χ1n) is 5.91. The Morgan fingerprint density at radius 3 is 2.47 bits per heavy atom. The van der Waals surface area contributed by atoms with Gasteiger partial charge in [0, 0.05) is 23.1 Å². The molecule has 0 bridgehead atoms. The van der Waals surface area contributed by atoms with Crippen LogP contribution in [0.4, 0.5) is 8.78 Å². The van der Waals surface area contributed by atoms with Crippen molar-refractivity contribution in [3.8, 4) is 0 Å². The number of hydrogen-bond acceptors (Lipinski definition) is 1. The van der Waals surface area contributed by atoms with Crippen LogP contribution in [0.2, 0.25) is 0 Å². The quantitative estimate of drug-likeness (QED) is 0.807. The smallest absolute Gasteiger partial charge is 0.127 e. The third-order valence-corrected chi connectivity index (χ3v) is 3.23. The minimum atomic E-state index is -0.274. The van der Waals surface area contributed by atoms with Gasteiger partial charge in [-0.25, -0.2) is 8.78 Å². The Bertz CT molecular complexity index is 552. The molecule has 0 aromatic heterocycles. The normalized spacial score (nSPS) is 11.0. The summed E-state index contributed by atoms with van der Waals surface area (Å²) in [7, 11) is 1.88. The standard InChI is InChI=1S/C15H14BrF2N/c1-19(10-12-4-2-3-5-15(12)18)9-11-6-13(16)8-14(17)7-11/h2-8H,9-10H2,1H3. The highest BCUT2D eigenvalue weighted by molar-refractivity contribution is 9.10. The van der Waals surface area contributed by atoms with Crippen LogP contribution in [0.1, 0.15) is 11.1 Å². The van der Waals surface area contributed by atoms with Gasteiger partial charge >= 0.3 is 0 Å². The Balaban J connectivity index is 2.05. The molecule has 2 aromatic carbocycles. The Morgan fingerprint density at radius 2 is 1.79 bits per heavy atom. The molecule has 4 heteroatoms. The van der Waals surface area contributed by atoms with Crippen molar-refractivity contribution in [2.45, 2.75) is 13.1 Å².